The fourth-order valence-electron chi connectivity index (χ4n) is 4.71. The van der Waals surface area contributed by atoms with Crippen LogP contribution in [0.1, 0.15) is 38.2 Å². The van der Waals surface area contributed by atoms with Crippen LogP contribution in [0.15, 0.2) is 53.4 Å². The summed E-state index contributed by atoms with van der Waals surface area (Å²) in [6, 6.07) is 15.4. The molecule has 0 bridgehead atoms. The van der Waals surface area contributed by atoms with Crippen molar-refractivity contribution in [3.63, 3.8) is 0 Å². The van der Waals surface area contributed by atoms with Crippen molar-refractivity contribution in [1.82, 2.24) is 10.2 Å². The number of benzene rings is 2. The highest BCUT2D eigenvalue weighted by molar-refractivity contribution is 7.85. The number of nitrogens with one attached hydrogen (secondary N) is 1. The number of methoxy groups -OCH3 is 1. The Morgan fingerprint density at radius 1 is 1.03 bits per heavy atom. The summed E-state index contributed by atoms with van der Waals surface area (Å²) in [5, 5.41) is 3.38. The lowest BCUT2D eigenvalue weighted by Crippen LogP contribution is -2.29. The lowest BCUT2D eigenvalue weighted by atomic mass is 10.0. The van der Waals surface area contributed by atoms with Gasteiger partial charge in [-0.25, -0.2) is 0 Å². The van der Waals surface area contributed by atoms with E-state index in [4.69, 9.17) is 14.0 Å². The van der Waals surface area contributed by atoms with E-state index in [0.717, 1.165) is 62.9 Å². The van der Waals surface area contributed by atoms with Gasteiger partial charge in [-0.05, 0) is 86.9 Å². The number of ether oxygens (including phenoxy) is 2. The summed E-state index contributed by atoms with van der Waals surface area (Å²) in [7, 11) is -2.40. The van der Waals surface area contributed by atoms with E-state index in [1.807, 2.05) is 0 Å². The Morgan fingerprint density at radius 2 is 1.67 bits per heavy atom. The predicted molar refractivity (Wildman–Crippen MR) is 144 cm³/mol. The molecule has 8 heteroatoms. The number of rotatable bonds is 10. The van der Waals surface area contributed by atoms with Crippen molar-refractivity contribution in [2.24, 2.45) is 5.92 Å². The van der Waals surface area contributed by atoms with Crippen LogP contribution in [0.2, 0.25) is 0 Å². The molecule has 2 fully saturated rings. The van der Waals surface area contributed by atoms with Gasteiger partial charge in [0.15, 0.2) is 0 Å². The number of likely N-dealkylation sites (tertiary alicyclic amines) is 1. The average molecular weight is 519 g/mol. The molecule has 0 spiro atoms. The number of nitrogens with zero attached hydrogens (tertiary/aromatic N) is 1. The predicted octanol–water partition coefficient (Wildman–Crippen LogP) is 4.28. The average Bonchev–Trinajstić information content (AvgIpc) is 3.31. The Hall–Kier alpha value is -1.81. The molecule has 2 heterocycles. The normalized spacial score (nSPS) is 19.1. The van der Waals surface area contributed by atoms with E-state index in [9.17, 15) is 8.42 Å². The SMILES string of the molecule is CC1CCCN1CCc1ccc(-c2ccc(S(=O)(=O)O)cc2)cc1.COCCNCC1CCOCC1. The molecule has 1 unspecified atom stereocenters. The van der Waals surface area contributed by atoms with Gasteiger partial charge in [-0.3, -0.25) is 4.55 Å². The second kappa shape index (κ2) is 14.8. The van der Waals surface area contributed by atoms with Gasteiger partial charge in [0, 0.05) is 39.5 Å². The van der Waals surface area contributed by atoms with Gasteiger partial charge in [0.1, 0.15) is 0 Å². The molecule has 2 aromatic rings. The van der Waals surface area contributed by atoms with Crippen molar-refractivity contribution < 1.29 is 22.4 Å². The molecule has 0 amide bonds. The highest BCUT2D eigenvalue weighted by atomic mass is 32.2. The summed E-state index contributed by atoms with van der Waals surface area (Å²) in [5.74, 6) is 0.815. The van der Waals surface area contributed by atoms with E-state index in [1.54, 1.807) is 19.2 Å². The van der Waals surface area contributed by atoms with E-state index in [1.165, 1.54) is 49.9 Å². The van der Waals surface area contributed by atoms with E-state index < -0.39 is 10.1 Å². The van der Waals surface area contributed by atoms with Gasteiger partial charge in [-0.2, -0.15) is 8.42 Å². The fourth-order valence-corrected chi connectivity index (χ4v) is 5.19. The van der Waals surface area contributed by atoms with Crippen LogP contribution in [0.4, 0.5) is 0 Å². The molecule has 0 radical (unpaired) electrons. The van der Waals surface area contributed by atoms with Crippen LogP contribution in [0, 0.1) is 5.92 Å². The summed E-state index contributed by atoms with van der Waals surface area (Å²) in [6.45, 7) is 9.38. The topological polar surface area (TPSA) is 88.1 Å². The maximum atomic E-state index is 11.1. The first-order chi connectivity index (χ1) is 17.4. The third-order valence-corrected chi connectivity index (χ3v) is 7.94. The quantitative estimate of drug-likeness (QED) is 0.359. The molecule has 2 aliphatic rings. The maximum Gasteiger partial charge on any atom is 0.294 e. The van der Waals surface area contributed by atoms with E-state index >= 15 is 0 Å². The number of hydrogen-bond donors (Lipinski definition) is 2. The van der Waals surface area contributed by atoms with Crippen LogP contribution in [0.3, 0.4) is 0 Å². The zero-order chi connectivity index (χ0) is 25.8. The summed E-state index contributed by atoms with van der Waals surface area (Å²) in [5.41, 5.74) is 3.28. The summed E-state index contributed by atoms with van der Waals surface area (Å²) in [6.07, 6.45) is 6.07. The minimum Gasteiger partial charge on any atom is -0.383 e. The fraction of sp³-hybridized carbons (Fsp3) is 0.571. The van der Waals surface area contributed by atoms with Crippen LogP contribution >= 0.6 is 0 Å². The molecule has 200 valence electrons. The van der Waals surface area contributed by atoms with Crippen LogP contribution < -0.4 is 5.32 Å². The molecule has 7 nitrogen and oxygen atoms in total. The van der Waals surface area contributed by atoms with Crippen LogP contribution in [-0.2, 0) is 26.0 Å². The van der Waals surface area contributed by atoms with Crippen LogP contribution in [-0.4, -0.2) is 77.0 Å². The standard InChI is InChI=1S/C19H23NO3S.C9H19NO2/c1-15-3-2-13-20(15)14-12-16-4-6-17(7-5-16)18-8-10-19(11-9-18)24(21,22)23;1-11-7-4-10-8-9-2-5-12-6-3-9/h4-11,15H,2-3,12-14H2,1H3,(H,21,22,23);9-10H,2-8H2,1H3. The minimum atomic E-state index is -4.13. The molecule has 0 saturated carbocycles. The van der Waals surface area contributed by atoms with Crippen molar-refractivity contribution in [3.8, 4) is 11.1 Å². The first-order valence-corrected chi connectivity index (χ1v) is 14.5. The second-order valence-electron chi connectivity index (χ2n) is 9.73. The van der Waals surface area contributed by atoms with Gasteiger partial charge in [0.05, 0.1) is 11.5 Å². The summed E-state index contributed by atoms with van der Waals surface area (Å²) < 4.78 is 41.4. The molecule has 2 N–H and O–H groups in total. The van der Waals surface area contributed by atoms with Crippen LogP contribution in [0.25, 0.3) is 11.1 Å². The third kappa shape index (κ3) is 9.57. The Kier molecular flexibility index (Phi) is 11.8. The Labute approximate surface area is 216 Å². The smallest absolute Gasteiger partial charge is 0.294 e. The summed E-state index contributed by atoms with van der Waals surface area (Å²) in [4.78, 5) is 2.46. The molecule has 2 saturated heterocycles. The first-order valence-electron chi connectivity index (χ1n) is 13.0. The molecule has 36 heavy (non-hydrogen) atoms. The molecular weight excluding hydrogens is 476 g/mol. The van der Waals surface area contributed by atoms with Crippen molar-refractivity contribution in [2.45, 2.75) is 50.0 Å². The number of hydrogen-bond acceptors (Lipinski definition) is 6. The van der Waals surface area contributed by atoms with E-state index in [-0.39, 0.29) is 4.90 Å². The molecular formula is C28H42N2O5S. The van der Waals surface area contributed by atoms with Gasteiger partial charge < -0.3 is 19.7 Å². The largest absolute Gasteiger partial charge is 0.383 e. The van der Waals surface area contributed by atoms with Crippen molar-refractivity contribution in [2.75, 3.05) is 53.1 Å². The molecule has 2 aliphatic heterocycles. The van der Waals surface area contributed by atoms with Gasteiger partial charge >= 0.3 is 0 Å². The second-order valence-corrected chi connectivity index (χ2v) is 11.1. The zero-order valence-corrected chi connectivity index (χ0v) is 22.5. The molecule has 2 aromatic carbocycles. The van der Waals surface area contributed by atoms with Gasteiger partial charge in [-0.15, -0.1) is 0 Å². The van der Waals surface area contributed by atoms with Gasteiger partial charge in [0.2, 0.25) is 0 Å². The third-order valence-electron chi connectivity index (χ3n) is 7.07. The Bertz CT molecular complexity index is 990. The molecule has 1 atom stereocenters. The molecule has 4 rings (SSSR count). The minimum absolute atomic E-state index is 0.0809. The van der Waals surface area contributed by atoms with Crippen molar-refractivity contribution in [1.29, 1.82) is 0 Å². The highest BCUT2D eigenvalue weighted by Crippen LogP contribution is 2.23. The Balaban J connectivity index is 0.000000253. The lowest BCUT2D eigenvalue weighted by Gasteiger charge is -2.22. The van der Waals surface area contributed by atoms with Crippen LogP contribution in [0.5, 0.6) is 0 Å². The van der Waals surface area contributed by atoms with Crippen molar-refractivity contribution >= 4 is 10.1 Å². The summed E-state index contributed by atoms with van der Waals surface area (Å²) >= 11 is 0. The molecule has 0 aromatic heterocycles. The Morgan fingerprint density at radius 3 is 2.22 bits per heavy atom. The monoisotopic (exact) mass is 518 g/mol. The van der Waals surface area contributed by atoms with Gasteiger partial charge in [0.25, 0.3) is 10.1 Å². The van der Waals surface area contributed by atoms with E-state index in [2.05, 4.69) is 41.4 Å². The van der Waals surface area contributed by atoms with Gasteiger partial charge in [-0.1, -0.05) is 36.4 Å². The first kappa shape index (κ1) is 28.8. The lowest BCUT2D eigenvalue weighted by molar-refractivity contribution is 0.0657. The molecule has 0 aliphatic carbocycles. The van der Waals surface area contributed by atoms with Crippen molar-refractivity contribution in [3.05, 3.63) is 54.1 Å². The highest BCUT2D eigenvalue weighted by Gasteiger charge is 2.19. The maximum absolute atomic E-state index is 11.1. The zero-order valence-electron chi connectivity index (χ0n) is 21.7. The van der Waals surface area contributed by atoms with E-state index in [0.29, 0.717) is 6.04 Å².